The zero-order valence-corrected chi connectivity index (χ0v) is 17.2. The van der Waals surface area contributed by atoms with Crippen molar-refractivity contribution in [3.05, 3.63) is 16.1 Å². The Kier molecular flexibility index (Phi) is 13.0. The lowest BCUT2D eigenvalue weighted by molar-refractivity contribution is -0.140. The summed E-state index contributed by atoms with van der Waals surface area (Å²) in [5.41, 5.74) is 0. The number of carbonyl (C=O) groups excluding carboxylic acids is 1. The van der Waals surface area contributed by atoms with Crippen LogP contribution in [0.2, 0.25) is 0 Å². The average Bonchev–Trinajstić information content (AvgIpc) is 2.99. The molecule has 23 heavy (non-hydrogen) atoms. The molecule has 2 N–H and O–H groups in total. The number of thiazole rings is 1. The average molecular weight is 454 g/mol. The summed E-state index contributed by atoms with van der Waals surface area (Å²) >= 11 is 1.71. The Morgan fingerprint density at radius 2 is 2.13 bits per heavy atom. The van der Waals surface area contributed by atoms with Crippen molar-refractivity contribution in [3.63, 3.8) is 0 Å². The van der Waals surface area contributed by atoms with Crippen LogP contribution in [0.3, 0.4) is 0 Å². The molecule has 0 aromatic carbocycles. The van der Waals surface area contributed by atoms with Crippen LogP contribution in [0.1, 0.15) is 43.0 Å². The number of aryl methyl sites for hydroxylation is 1. The Morgan fingerprint density at radius 1 is 1.35 bits per heavy atom. The number of aliphatic imine (C=N–C) groups is 1. The van der Waals surface area contributed by atoms with E-state index < -0.39 is 0 Å². The molecule has 1 aromatic rings. The minimum atomic E-state index is -0.156. The van der Waals surface area contributed by atoms with Gasteiger partial charge in [0.1, 0.15) is 5.01 Å². The van der Waals surface area contributed by atoms with E-state index in [1.165, 1.54) is 12.0 Å². The first kappa shape index (κ1) is 22.1. The van der Waals surface area contributed by atoms with Gasteiger partial charge in [0.05, 0.1) is 13.7 Å². The molecule has 0 aliphatic heterocycles. The number of hydrogen-bond donors (Lipinski definition) is 2. The first-order chi connectivity index (χ1) is 10.7. The summed E-state index contributed by atoms with van der Waals surface area (Å²) in [5, 5.41) is 7.50. The topological polar surface area (TPSA) is 75.6 Å². The molecule has 0 amide bonds. The highest BCUT2D eigenvalue weighted by atomic mass is 127. The number of nitrogens with zero attached hydrogens (tertiary/aromatic N) is 2. The highest BCUT2D eigenvalue weighted by Gasteiger charge is 2.02. The van der Waals surface area contributed by atoms with E-state index in [-0.39, 0.29) is 29.9 Å². The van der Waals surface area contributed by atoms with Gasteiger partial charge in [0.15, 0.2) is 5.96 Å². The van der Waals surface area contributed by atoms with Crippen molar-refractivity contribution in [2.45, 2.75) is 46.1 Å². The third-order valence-corrected chi connectivity index (χ3v) is 4.12. The molecule has 1 aromatic heterocycles. The van der Waals surface area contributed by atoms with E-state index in [0.717, 1.165) is 43.3 Å². The number of guanidine groups is 1. The number of halogens is 1. The van der Waals surface area contributed by atoms with E-state index in [1.54, 1.807) is 11.3 Å². The molecule has 132 valence electrons. The molecule has 0 fully saturated rings. The lowest BCUT2D eigenvalue weighted by Gasteiger charge is -2.10. The molecule has 0 aliphatic carbocycles. The molecule has 0 radical (unpaired) electrons. The largest absolute Gasteiger partial charge is 0.469 e. The van der Waals surface area contributed by atoms with Crippen LogP contribution in [0.4, 0.5) is 0 Å². The Labute approximate surface area is 159 Å². The molecular weight excluding hydrogens is 427 g/mol. The van der Waals surface area contributed by atoms with Gasteiger partial charge in [-0.1, -0.05) is 6.92 Å². The van der Waals surface area contributed by atoms with Gasteiger partial charge in [0.25, 0.3) is 0 Å². The predicted molar refractivity (Wildman–Crippen MR) is 106 cm³/mol. The first-order valence-corrected chi connectivity index (χ1v) is 8.53. The van der Waals surface area contributed by atoms with Crippen LogP contribution in [0.15, 0.2) is 11.2 Å². The van der Waals surface area contributed by atoms with Crippen LogP contribution >= 0.6 is 35.3 Å². The van der Waals surface area contributed by atoms with Crippen molar-refractivity contribution in [3.8, 4) is 0 Å². The molecular formula is C15H27IN4O2S. The normalized spacial score (nSPS) is 10.8. The second-order valence-electron chi connectivity index (χ2n) is 4.73. The summed E-state index contributed by atoms with van der Waals surface area (Å²) in [4.78, 5) is 21.2. The number of unbranched alkanes of at least 4 members (excludes halogenated alkanes) is 1. The third-order valence-electron chi connectivity index (χ3n) is 2.99. The molecule has 0 aliphatic rings. The van der Waals surface area contributed by atoms with Crippen LogP contribution in [-0.4, -0.2) is 37.1 Å². The Hall–Kier alpha value is -0.900. The molecule has 6 nitrogen and oxygen atoms in total. The van der Waals surface area contributed by atoms with Gasteiger partial charge in [-0.3, -0.25) is 4.79 Å². The van der Waals surface area contributed by atoms with Crippen LogP contribution in [0.5, 0.6) is 0 Å². The van der Waals surface area contributed by atoms with Crippen molar-refractivity contribution in [1.82, 2.24) is 15.6 Å². The number of aromatic nitrogens is 1. The van der Waals surface area contributed by atoms with E-state index >= 15 is 0 Å². The molecule has 0 saturated heterocycles. The van der Waals surface area contributed by atoms with Crippen LogP contribution in [0.25, 0.3) is 0 Å². The van der Waals surface area contributed by atoms with E-state index in [0.29, 0.717) is 13.0 Å². The number of methoxy groups -OCH3 is 1. The Bertz CT molecular complexity index is 480. The summed E-state index contributed by atoms with van der Waals surface area (Å²) in [6, 6.07) is 0. The van der Waals surface area contributed by atoms with Gasteiger partial charge in [0.2, 0.25) is 0 Å². The fourth-order valence-corrected chi connectivity index (χ4v) is 2.56. The molecule has 1 rings (SSSR count). The summed E-state index contributed by atoms with van der Waals surface area (Å²) in [6.45, 7) is 6.34. The monoisotopic (exact) mass is 454 g/mol. The van der Waals surface area contributed by atoms with Gasteiger partial charge in [0, 0.05) is 30.6 Å². The van der Waals surface area contributed by atoms with Crippen molar-refractivity contribution in [2.24, 2.45) is 4.99 Å². The molecule has 0 spiro atoms. The van der Waals surface area contributed by atoms with E-state index in [1.807, 2.05) is 13.1 Å². The zero-order chi connectivity index (χ0) is 16.2. The standard InChI is InChI=1S/C15H26N4O2S.HI/c1-4-12-10-18-13(22-12)11-19-15(16-5-2)17-9-7-6-8-14(20)21-3;/h10H,4-9,11H2,1-3H3,(H2,16,17,19);1H. The Morgan fingerprint density at radius 3 is 2.74 bits per heavy atom. The van der Waals surface area contributed by atoms with Crippen LogP contribution < -0.4 is 10.6 Å². The van der Waals surface area contributed by atoms with Gasteiger partial charge in [-0.15, -0.1) is 35.3 Å². The smallest absolute Gasteiger partial charge is 0.305 e. The number of esters is 1. The maximum absolute atomic E-state index is 11.0. The van der Waals surface area contributed by atoms with Gasteiger partial charge < -0.3 is 15.4 Å². The van der Waals surface area contributed by atoms with E-state index in [4.69, 9.17) is 0 Å². The second kappa shape index (κ2) is 13.5. The minimum Gasteiger partial charge on any atom is -0.469 e. The predicted octanol–water partition coefficient (Wildman–Crippen LogP) is 2.72. The minimum absolute atomic E-state index is 0. The number of ether oxygens (including phenoxy) is 1. The quantitative estimate of drug-likeness (QED) is 0.197. The lowest BCUT2D eigenvalue weighted by Crippen LogP contribution is -2.37. The summed E-state index contributed by atoms with van der Waals surface area (Å²) in [7, 11) is 1.42. The highest BCUT2D eigenvalue weighted by molar-refractivity contribution is 14.0. The zero-order valence-electron chi connectivity index (χ0n) is 14.1. The van der Waals surface area contributed by atoms with Crippen LogP contribution in [0, 0.1) is 0 Å². The lowest BCUT2D eigenvalue weighted by atomic mass is 10.2. The SMILES string of the molecule is CCNC(=NCc1ncc(CC)s1)NCCCCC(=O)OC.I. The van der Waals surface area contributed by atoms with Gasteiger partial charge in [-0.05, 0) is 26.2 Å². The highest BCUT2D eigenvalue weighted by Crippen LogP contribution is 2.13. The first-order valence-electron chi connectivity index (χ1n) is 7.72. The van der Waals surface area contributed by atoms with E-state index in [9.17, 15) is 4.79 Å². The second-order valence-corrected chi connectivity index (χ2v) is 5.93. The van der Waals surface area contributed by atoms with Crippen LogP contribution in [-0.2, 0) is 22.5 Å². The maximum Gasteiger partial charge on any atom is 0.305 e. The fraction of sp³-hybridized carbons (Fsp3) is 0.667. The van der Waals surface area contributed by atoms with Crippen molar-refractivity contribution < 1.29 is 9.53 Å². The molecule has 0 unspecified atom stereocenters. The van der Waals surface area contributed by atoms with E-state index in [2.05, 4.69) is 32.3 Å². The van der Waals surface area contributed by atoms with Gasteiger partial charge in [-0.2, -0.15) is 0 Å². The molecule has 8 heteroatoms. The van der Waals surface area contributed by atoms with Crippen molar-refractivity contribution in [1.29, 1.82) is 0 Å². The maximum atomic E-state index is 11.0. The van der Waals surface area contributed by atoms with Gasteiger partial charge in [-0.25, -0.2) is 9.98 Å². The van der Waals surface area contributed by atoms with Gasteiger partial charge >= 0.3 is 5.97 Å². The number of carbonyl (C=O) groups is 1. The molecule has 0 atom stereocenters. The Balaban J connectivity index is 0.00000484. The van der Waals surface area contributed by atoms with Crippen molar-refractivity contribution >= 4 is 47.2 Å². The molecule has 0 saturated carbocycles. The number of nitrogens with one attached hydrogen (secondary N) is 2. The summed E-state index contributed by atoms with van der Waals surface area (Å²) < 4.78 is 4.61. The summed E-state index contributed by atoms with van der Waals surface area (Å²) in [5.74, 6) is 0.630. The molecule has 0 bridgehead atoms. The number of rotatable bonds is 9. The summed E-state index contributed by atoms with van der Waals surface area (Å²) in [6.07, 6.45) is 5.11. The third kappa shape index (κ3) is 9.75. The fourth-order valence-electron chi connectivity index (χ4n) is 1.78. The van der Waals surface area contributed by atoms with Crippen molar-refractivity contribution in [2.75, 3.05) is 20.2 Å². The number of hydrogen-bond acceptors (Lipinski definition) is 5. The molecule has 1 heterocycles.